The van der Waals surface area contributed by atoms with Gasteiger partial charge in [-0.3, -0.25) is 4.79 Å². The molecule has 5 rings (SSSR count). The van der Waals surface area contributed by atoms with E-state index in [9.17, 15) is 9.90 Å². The standard InChI is InChI=1S/C22H20ClN5O4/c23-16-4-5-17-20(32-12-31-17)19(16)26-18-6-8-24-22(27-18)25-14-3-1-2-13(10-14)21(30)28-9-7-15(29)11-28/h1-6,8,10,15,29H,7,9,11-12H2,(H2,24,25,26,27)/t15-/m1/s1. The SMILES string of the molecule is O=C(c1cccc(Nc2nccc(Nc3c(Cl)ccc4c3OCO4)n2)c1)N1CC[C@@H](O)C1. The molecule has 1 atom stereocenters. The van der Waals surface area contributed by atoms with Gasteiger partial charge in [-0.05, 0) is 42.8 Å². The number of aliphatic hydroxyl groups is 1. The predicted molar refractivity (Wildman–Crippen MR) is 119 cm³/mol. The fourth-order valence-electron chi connectivity index (χ4n) is 3.65. The first-order valence-electron chi connectivity index (χ1n) is 10.1. The summed E-state index contributed by atoms with van der Waals surface area (Å²) >= 11 is 6.33. The minimum absolute atomic E-state index is 0.115. The number of fused-ring (bicyclic) bond motifs is 1. The molecule has 0 bridgehead atoms. The van der Waals surface area contributed by atoms with E-state index in [-0.39, 0.29) is 12.7 Å². The molecular weight excluding hydrogens is 434 g/mol. The van der Waals surface area contributed by atoms with Crippen molar-refractivity contribution in [1.29, 1.82) is 0 Å². The number of carbonyl (C=O) groups is 1. The lowest BCUT2D eigenvalue weighted by molar-refractivity contribution is 0.0765. The van der Waals surface area contributed by atoms with Crippen LogP contribution < -0.4 is 20.1 Å². The second-order valence-electron chi connectivity index (χ2n) is 7.45. The third-order valence-electron chi connectivity index (χ3n) is 5.21. The molecule has 0 spiro atoms. The second kappa shape index (κ2) is 8.52. The molecule has 2 aliphatic heterocycles. The van der Waals surface area contributed by atoms with E-state index < -0.39 is 6.10 Å². The molecule has 0 unspecified atom stereocenters. The Morgan fingerprint density at radius 2 is 2.09 bits per heavy atom. The highest BCUT2D eigenvalue weighted by Gasteiger charge is 2.25. The van der Waals surface area contributed by atoms with Gasteiger partial charge in [-0.25, -0.2) is 4.98 Å². The Kier molecular flexibility index (Phi) is 5.42. The van der Waals surface area contributed by atoms with Gasteiger partial charge in [-0.15, -0.1) is 0 Å². The molecule has 0 saturated carbocycles. The molecule has 1 amide bonds. The largest absolute Gasteiger partial charge is 0.454 e. The highest BCUT2D eigenvalue weighted by molar-refractivity contribution is 6.33. The number of rotatable bonds is 5. The number of hydrogen-bond acceptors (Lipinski definition) is 8. The van der Waals surface area contributed by atoms with E-state index in [0.29, 0.717) is 64.7 Å². The van der Waals surface area contributed by atoms with Crippen molar-refractivity contribution >= 4 is 40.6 Å². The molecule has 3 aromatic rings. The lowest BCUT2D eigenvalue weighted by Crippen LogP contribution is -2.29. The monoisotopic (exact) mass is 453 g/mol. The molecule has 10 heteroatoms. The van der Waals surface area contributed by atoms with Gasteiger partial charge < -0.3 is 30.1 Å². The van der Waals surface area contributed by atoms with Crippen molar-refractivity contribution in [1.82, 2.24) is 14.9 Å². The van der Waals surface area contributed by atoms with Gasteiger partial charge in [0, 0.05) is 30.5 Å². The molecular formula is C22H20ClN5O4. The molecule has 3 heterocycles. The summed E-state index contributed by atoms with van der Waals surface area (Å²) in [5.74, 6) is 1.88. The average Bonchev–Trinajstić information content (AvgIpc) is 3.45. The van der Waals surface area contributed by atoms with Gasteiger partial charge in [-0.2, -0.15) is 4.98 Å². The van der Waals surface area contributed by atoms with Crippen molar-refractivity contribution in [3.05, 3.63) is 59.2 Å². The number of carbonyl (C=O) groups excluding carboxylic acids is 1. The van der Waals surface area contributed by atoms with E-state index in [1.165, 1.54) is 0 Å². The Labute approximate surface area is 189 Å². The van der Waals surface area contributed by atoms with Crippen molar-refractivity contribution in [3.8, 4) is 11.5 Å². The zero-order valence-electron chi connectivity index (χ0n) is 16.9. The molecule has 9 nitrogen and oxygen atoms in total. The van der Waals surface area contributed by atoms with Crippen LogP contribution in [0.3, 0.4) is 0 Å². The molecule has 2 aliphatic rings. The van der Waals surface area contributed by atoms with Gasteiger partial charge in [0.2, 0.25) is 12.7 Å². The van der Waals surface area contributed by atoms with Gasteiger partial charge in [0.25, 0.3) is 5.91 Å². The molecule has 32 heavy (non-hydrogen) atoms. The summed E-state index contributed by atoms with van der Waals surface area (Å²) in [6.45, 7) is 1.04. The molecule has 0 radical (unpaired) electrons. The Balaban J connectivity index is 1.33. The fourth-order valence-corrected chi connectivity index (χ4v) is 3.85. The number of aliphatic hydroxyl groups excluding tert-OH is 1. The number of aromatic nitrogens is 2. The average molecular weight is 454 g/mol. The van der Waals surface area contributed by atoms with E-state index in [4.69, 9.17) is 21.1 Å². The Morgan fingerprint density at radius 3 is 2.94 bits per heavy atom. The lowest BCUT2D eigenvalue weighted by Gasteiger charge is -2.16. The van der Waals surface area contributed by atoms with E-state index in [0.717, 1.165) is 0 Å². The van der Waals surface area contributed by atoms with Crippen LogP contribution in [0.15, 0.2) is 48.7 Å². The minimum atomic E-state index is -0.458. The van der Waals surface area contributed by atoms with Crippen LogP contribution >= 0.6 is 11.6 Å². The van der Waals surface area contributed by atoms with Crippen molar-refractivity contribution in [2.75, 3.05) is 30.5 Å². The Morgan fingerprint density at radius 1 is 1.19 bits per heavy atom. The number of hydrogen-bond donors (Lipinski definition) is 3. The summed E-state index contributed by atoms with van der Waals surface area (Å²) in [6, 6.07) is 12.3. The van der Waals surface area contributed by atoms with Crippen LogP contribution in [0.25, 0.3) is 0 Å². The number of amides is 1. The first-order chi connectivity index (χ1) is 15.6. The molecule has 1 saturated heterocycles. The van der Waals surface area contributed by atoms with E-state index in [2.05, 4.69) is 20.6 Å². The van der Waals surface area contributed by atoms with Crippen LogP contribution in [0.5, 0.6) is 11.5 Å². The number of halogens is 1. The van der Waals surface area contributed by atoms with Crippen molar-refractivity contribution in [2.45, 2.75) is 12.5 Å². The van der Waals surface area contributed by atoms with Crippen molar-refractivity contribution < 1.29 is 19.4 Å². The molecule has 1 aromatic heterocycles. The van der Waals surface area contributed by atoms with Gasteiger partial charge in [-0.1, -0.05) is 17.7 Å². The van der Waals surface area contributed by atoms with Crippen LogP contribution in [0, 0.1) is 0 Å². The smallest absolute Gasteiger partial charge is 0.254 e. The fraction of sp³-hybridized carbons (Fsp3) is 0.227. The van der Waals surface area contributed by atoms with Crippen LogP contribution in [-0.4, -0.2) is 51.9 Å². The van der Waals surface area contributed by atoms with Crippen molar-refractivity contribution in [3.63, 3.8) is 0 Å². The van der Waals surface area contributed by atoms with Crippen LogP contribution in [-0.2, 0) is 0 Å². The number of nitrogens with zero attached hydrogens (tertiary/aromatic N) is 3. The highest BCUT2D eigenvalue weighted by Crippen LogP contribution is 2.44. The minimum Gasteiger partial charge on any atom is -0.454 e. The third-order valence-corrected chi connectivity index (χ3v) is 5.53. The van der Waals surface area contributed by atoms with Gasteiger partial charge in [0.15, 0.2) is 11.5 Å². The number of β-amino-alcohol motifs (C(OH)–C–C–N with tert-alkyl or cyclic N) is 1. The number of benzene rings is 2. The molecule has 164 valence electrons. The maximum atomic E-state index is 12.7. The maximum absolute atomic E-state index is 12.7. The van der Waals surface area contributed by atoms with Gasteiger partial charge in [0.05, 0.1) is 11.1 Å². The summed E-state index contributed by atoms with van der Waals surface area (Å²) in [6.07, 6.45) is 1.75. The normalized spacial score (nSPS) is 16.8. The Hall–Kier alpha value is -3.56. The van der Waals surface area contributed by atoms with E-state index in [1.54, 1.807) is 47.5 Å². The Bertz CT molecular complexity index is 1170. The number of likely N-dealkylation sites (tertiary alicyclic amines) is 1. The predicted octanol–water partition coefficient (Wildman–Crippen LogP) is 3.55. The first kappa shape index (κ1) is 20.3. The molecule has 1 fully saturated rings. The maximum Gasteiger partial charge on any atom is 0.254 e. The topological polar surface area (TPSA) is 109 Å². The molecule has 3 N–H and O–H groups in total. The van der Waals surface area contributed by atoms with E-state index >= 15 is 0 Å². The summed E-state index contributed by atoms with van der Waals surface area (Å²) in [5, 5.41) is 16.4. The zero-order chi connectivity index (χ0) is 22.1. The van der Waals surface area contributed by atoms with Gasteiger partial charge in [0.1, 0.15) is 11.5 Å². The summed E-state index contributed by atoms with van der Waals surface area (Å²) in [5.41, 5.74) is 1.76. The van der Waals surface area contributed by atoms with Crippen LogP contribution in [0.1, 0.15) is 16.8 Å². The quantitative estimate of drug-likeness (QED) is 0.538. The number of anilines is 4. The first-order valence-corrected chi connectivity index (χ1v) is 10.5. The van der Waals surface area contributed by atoms with Crippen molar-refractivity contribution in [2.24, 2.45) is 0 Å². The summed E-state index contributed by atoms with van der Waals surface area (Å²) in [7, 11) is 0. The van der Waals surface area contributed by atoms with Crippen LogP contribution in [0.4, 0.5) is 23.1 Å². The summed E-state index contributed by atoms with van der Waals surface area (Å²) < 4.78 is 10.9. The number of ether oxygens (including phenoxy) is 2. The highest BCUT2D eigenvalue weighted by atomic mass is 35.5. The molecule has 2 aromatic carbocycles. The zero-order valence-corrected chi connectivity index (χ0v) is 17.7. The summed E-state index contributed by atoms with van der Waals surface area (Å²) in [4.78, 5) is 23.1. The number of nitrogens with one attached hydrogen (secondary N) is 2. The molecule has 0 aliphatic carbocycles. The van der Waals surface area contributed by atoms with Crippen LogP contribution in [0.2, 0.25) is 5.02 Å². The van der Waals surface area contributed by atoms with E-state index in [1.807, 2.05) is 6.07 Å². The second-order valence-corrected chi connectivity index (χ2v) is 7.85. The third kappa shape index (κ3) is 4.12. The lowest BCUT2D eigenvalue weighted by atomic mass is 10.2. The van der Waals surface area contributed by atoms with Gasteiger partial charge >= 0.3 is 0 Å².